The summed E-state index contributed by atoms with van der Waals surface area (Å²) in [6, 6.07) is 9.90. The number of ether oxygens (including phenoxy) is 1. The van der Waals surface area contributed by atoms with Gasteiger partial charge >= 0.3 is 6.18 Å². The van der Waals surface area contributed by atoms with Crippen LogP contribution in [0.5, 0.6) is 11.5 Å². The summed E-state index contributed by atoms with van der Waals surface area (Å²) in [7, 11) is 0. The van der Waals surface area contributed by atoms with Gasteiger partial charge in [-0.3, -0.25) is 14.7 Å². The van der Waals surface area contributed by atoms with Gasteiger partial charge in [0.1, 0.15) is 17.1 Å². The minimum absolute atomic E-state index is 0.0275. The number of benzene rings is 1. The average Bonchev–Trinajstić information content (AvgIpc) is 3.48. The molecule has 4 aromatic rings. The zero-order valence-electron chi connectivity index (χ0n) is 24.3. The molecule has 0 saturated carbocycles. The van der Waals surface area contributed by atoms with Crippen molar-refractivity contribution in [2.75, 3.05) is 39.3 Å². The summed E-state index contributed by atoms with van der Waals surface area (Å²) in [6.45, 7) is 9.21. The number of H-pyrrole nitrogens is 1. The summed E-state index contributed by atoms with van der Waals surface area (Å²) in [5.41, 5.74) is 2.41. The van der Waals surface area contributed by atoms with Gasteiger partial charge in [-0.2, -0.15) is 13.2 Å². The molecule has 0 radical (unpaired) electrons. The van der Waals surface area contributed by atoms with Crippen LogP contribution in [-0.2, 0) is 30.5 Å². The maximum Gasteiger partial charge on any atom is 0.416 e. The fourth-order valence-corrected chi connectivity index (χ4v) is 6.08. The second-order valence-electron chi connectivity index (χ2n) is 11.4. The molecule has 1 fully saturated rings. The molecule has 2 aliphatic heterocycles. The van der Waals surface area contributed by atoms with Crippen LogP contribution in [0.3, 0.4) is 0 Å². The number of amides is 1. The highest BCUT2D eigenvalue weighted by Gasteiger charge is 2.35. The molecule has 0 aliphatic carbocycles. The van der Waals surface area contributed by atoms with Crippen LogP contribution in [0.15, 0.2) is 55.0 Å². The van der Waals surface area contributed by atoms with Crippen molar-refractivity contribution in [3.05, 3.63) is 82.9 Å². The molecule has 1 atom stereocenters. The summed E-state index contributed by atoms with van der Waals surface area (Å²) in [6.07, 6.45) is 0.525. The van der Waals surface area contributed by atoms with E-state index < -0.39 is 11.7 Å². The molecule has 2 aliphatic rings. The number of fused-ring (bicyclic) bond motifs is 2. The van der Waals surface area contributed by atoms with Crippen LogP contribution in [0.4, 0.5) is 13.2 Å². The van der Waals surface area contributed by atoms with Crippen LogP contribution in [0, 0.1) is 0 Å². The molecular weight excluding hydrogens is 557 g/mol. The number of carbonyl (C=O) groups excluding carboxylic acids is 1. The third-order valence-electron chi connectivity index (χ3n) is 8.44. The van der Waals surface area contributed by atoms with Crippen LogP contribution >= 0.6 is 0 Å². The van der Waals surface area contributed by atoms with Crippen LogP contribution in [0.25, 0.3) is 11.0 Å². The third kappa shape index (κ3) is 6.37. The van der Waals surface area contributed by atoms with Gasteiger partial charge in [0.15, 0.2) is 0 Å². The minimum Gasteiger partial charge on any atom is -0.455 e. The molecule has 0 unspecified atom stereocenters. The number of nitrogens with one attached hydrogen (secondary N) is 1. The Hall–Kier alpha value is -3.96. The van der Waals surface area contributed by atoms with E-state index in [0.29, 0.717) is 35.8 Å². The van der Waals surface area contributed by atoms with E-state index in [9.17, 15) is 18.0 Å². The van der Waals surface area contributed by atoms with E-state index in [1.165, 1.54) is 0 Å². The first-order valence-electron chi connectivity index (χ1n) is 14.7. The molecule has 1 N–H and O–H groups in total. The summed E-state index contributed by atoms with van der Waals surface area (Å²) >= 11 is 0. The van der Waals surface area contributed by atoms with Crippen molar-refractivity contribution in [3.63, 3.8) is 0 Å². The molecular formula is C32H35F3N6O2. The maximum atomic E-state index is 14.1. The van der Waals surface area contributed by atoms with E-state index in [1.54, 1.807) is 41.7 Å². The first kappa shape index (κ1) is 29.1. The van der Waals surface area contributed by atoms with Gasteiger partial charge < -0.3 is 19.5 Å². The first-order valence-corrected chi connectivity index (χ1v) is 14.7. The molecule has 5 heterocycles. The number of aromatic amines is 1. The Morgan fingerprint density at radius 1 is 1.07 bits per heavy atom. The molecule has 226 valence electrons. The molecule has 1 aromatic carbocycles. The quantitative estimate of drug-likeness (QED) is 0.301. The summed E-state index contributed by atoms with van der Waals surface area (Å²) in [4.78, 5) is 31.4. The molecule has 1 amide bonds. The van der Waals surface area contributed by atoms with Crippen molar-refractivity contribution >= 4 is 16.9 Å². The van der Waals surface area contributed by atoms with Crippen molar-refractivity contribution in [1.82, 2.24) is 29.7 Å². The number of hydrogen-bond donors (Lipinski definition) is 1. The van der Waals surface area contributed by atoms with E-state index in [-0.39, 0.29) is 30.4 Å². The number of halogens is 3. The van der Waals surface area contributed by atoms with Gasteiger partial charge in [0.25, 0.3) is 0 Å². The second kappa shape index (κ2) is 12.0. The molecule has 1 saturated heterocycles. The number of piperazine rings is 1. The Labute approximate surface area is 248 Å². The van der Waals surface area contributed by atoms with E-state index in [2.05, 4.69) is 31.7 Å². The Balaban J connectivity index is 1.16. The Morgan fingerprint density at radius 3 is 2.63 bits per heavy atom. The van der Waals surface area contributed by atoms with Crippen molar-refractivity contribution in [3.8, 4) is 11.5 Å². The molecule has 8 nitrogen and oxygen atoms in total. The Morgan fingerprint density at radius 2 is 1.86 bits per heavy atom. The third-order valence-corrected chi connectivity index (χ3v) is 8.44. The predicted octanol–water partition coefficient (Wildman–Crippen LogP) is 5.59. The number of hydrogen-bond acceptors (Lipinski definition) is 6. The molecule has 6 rings (SSSR count). The number of alkyl halides is 3. The van der Waals surface area contributed by atoms with Gasteiger partial charge in [0.05, 0.1) is 29.3 Å². The van der Waals surface area contributed by atoms with Crippen LogP contribution in [0.2, 0.25) is 0 Å². The van der Waals surface area contributed by atoms with E-state index in [1.807, 2.05) is 19.1 Å². The van der Waals surface area contributed by atoms with E-state index in [0.717, 1.165) is 55.4 Å². The lowest BCUT2D eigenvalue weighted by atomic mass is 9.95. The lowest BCUT2D eigenvalue weighted by Crippen LogP contribution is -2.45. The predicted molar refractivity (Wildman–Crippen MR) is 157 cm³/mol. The number of nitrogens with zero attached hydrogens (tertiary/aromatic N) is 5. The van der Waals surface area contributed by atoms with Crippen molar-refractivity contribution in [1.29, 1.82) is 0 Å². The topological polar surface area (TPSA) is 77.6 Å². The Kier molecular flexibility index (Phi) is 8.11. The molecule has 43 heavy (non-hydrogen) atoms. The normalized spacial score (nSPS) is 18.2. The van der Waals surface area contributed by atoms with Gasteiger partial charge in [-0.25, -0.2) is 4.98 Å². The largest absolute Gasteiger partial charge is 0.455 e. The monoisotopic (exact) mass is 592 g/mol. The fraction of sp³-hybridized carbons (Fsp3) is 0.406. The van der Waals surface area contributed by atoms with Crippen molar-refractivity contribution in [2.24, 2.45) is 0 Å². The second-order valence-corrected chi connectivity index (χ2v) is 11.4. The van der Waals surface area contributed by atoms with Crippen molar-refractivity contribution < 1.29 is 22.7 Å². The SMILES string of the molecule is CCN1CCN(Cc2ccc(CC(=O)N3Cc4cc(Oc5ccnc6[nH]ccc56)cnc4[C@H](C)C3)cc2C(F)(F)F)CC1. The van der Waals surface area contributed by atoms with Gasteiger partial charge in [-0.15, -0.1) is 0 Å². The Bertz CT molecular complexity index is 1610. The van der Waals surface area contributed by atoms with Gasteiger partial charge in [0, 0.05) is 64.1 Å². The lowest BCUT2D eigenvalue weighted by molar-refractivity contribution is -0.138. The van der Waals surface area contributed by atoms with Crippen LogP contribution in [-0.4, -0.2) is 74.8 Å². The molecule has 11 heteroatoms. The minimum atomic E-state index is -4.50. The summed E-state index contributed by atoms with van der Waals surface area (Å²) in [5, 5.41) is 0.841. The van der Waals surface area contributed by atoms with Crippen LogP contribution in [0.1, 0.15) is 47.7 Å². The number of rotatable bonds is 7. The standard InChI is InChI=1S/C32H35F3N6O2/c1-3-39-10-12-40(13-11-39)19-23-5-4-22(14-27(23)32(33,34)35)15-29(42)41-18-21(2)30-24(20-41)16-25(17-38-30)43-28-7-9-37-31-26(28)6-8-36-31/h4-9,14,16-17,21H,3,10-13,15,18-20H2,1-2H3,(H,36,37)/t21-/m1/s1. The lowest BCUT2D eigenvalue weighted by Gasteiger charge is -2.34. The van der Waals surface area contributed by atoms with Gasteiger partial charge in [0.2, 0.25) is 5.91 Å². The number of aromatic nitrogens is 3. The van der Waals surface area contributed by atoms with Crippen molar-refractivity contribution in [2.45, 2.75) is 45.5 Å². The van der Waals surface area contributed by atoms with Crippen LogP contribution < -0.4 is 4.74 Å². The van der Waals surface area contributed by atoms with Gasteiger partial charge in [-0.05, 0) is 47.5 Å². The summed E-state index contributed by atoms with van der Waals surface area (Å²) < 4.78 is 48.5. The highest BCUT2D eigenvalue weighted by atomic mass is 19.4. The fourth-order valence-electron chi connectivity index (χ4n) is 6.08. The molecule has 0 bridgehead atoms. The average molecular weight is 593 g/mol. The first-order chi connectivity index (χ1) is 20.7. The highest BCUT2D eigenvalue weighted by molar-refractivity contribution is 5.82. The van der Waals surface area contributed by atoms with E-state index in [4.69, 9.17) is 4.74 Å². The zero-order valence-corrected chi connectivity index (χ0v) is 24.3. The summed E-state index contributed by atoms with van der Waals surface area (Å²) in [5.74, 6) is 0.927. The number of pyridine rings is 2. The zero-order chi connectivity index (χ0) is 30.1. The smallest absolute Gasteiger partial charge is 0.416 e. The number of carbonyl (C=O) groups is 1. The highest BCUT2D eigenvalue weighted by Crippen LogP contribution is 2.35. The molecule has 3 aromatic heterocycles. The van der Waals surface area contributed by atoms with Gasteiger partial charge in [-0.1, -0.05) is 26.0 Å². The maximum absolute atomic E-state index is 14.1. The van der Waals surface area contributed by atoms with E-state index >= 15 is 0 Å². The number of likely N-dealkylation sites (N-methyl/N-ethyl adjacent to an activating group) is 1. The molecule has 0 spiro atoms.